The van der Waals surface area contributed by atoms with Crippen LogP contribution in [0.2, 0.25) is 0 Å². The highest BCUT2D eigenvalue weighted by Gasteiger charge is 2.54. The van der Waals surface area contributed by atoms with E-state index in [-0.39, 0.29) is 36.1 Å². The van der Waals surface area contributed by atoms with Crippen molar-refractivity contribution in [2.45, 2.75) is 30.5 Å². The number of nitrogens with one attached hydrogen (secondary N) is 1. The van der Waals surface area contributed by atoms with Crippen molar-refractivity contribution in [2.24, 2.45) is 18.4 Å². The first-order valence-corrected chi connectivity index (χ1v) is 11.9. The van der Waals surface area contributed by atoms with Crippen molar-refractivity contribution in [3.63, 3.8) is 0 Å². The first-order chi connectivity index (χ1) is 16.0. The summed E-state index contributed by atoms with van der Waals surface area (Å²) in [7, 11) is -2.59. The molecule has 3 aromatic heterocycles. The number of Topliss-reactive ketones (excluding diaryl/α,β-unsaturated/α-hetero) is 1. The molecule has 0 spiro atoms. The van der Waals surface area contributed by atoms with Gasteiger partial charge < -0.3 is 0 Å². The Bertz CT molecular complexity index is 1370. The third-order valence-electron chi connectivity index (χ3n) is 6.69. The lowest BCUT2D eigenvalue weighted by Crippen LogP contribution is -2.57. The molecule has 0 bridgehead atoms. The summed E-state index contributed by atoms with van der Waals surface area (Å²) in [5, 5.41) is 14.4. The summed E-state index contributed by atoms with van der Waals surface area (Å²) in [4.78, 5) is 18.9. The smallest absolute Gasteiger partial charge is 0.292 e. The Kier molecular flexibility index (Phi) is 5.13. The van der Waals surface area contributed by atoms with E-state index in [0.29, 0.717) is 12.8 Å². The second kappa shape index (κ2) is 7.70. The number of hydrogen-bond donors (Lipinski definition) is 1. The van der Waals surface area contributed by atoms with Gasteiger partial charge in [-0.25, -0.2) is 8.42 Å². The minimum absolute atomic E-state index is 0.132. The standard InChI is InChI=1S/C20H20F3N7O3S/c1-29-26-10-17(28-29)34(32,33)30-5-3-13-6-15-12(9-25-27-15)8-19(13,11-30)18(31)16-7-14(2-4-24-16)20(21,22)23/h2,4,7,9-10,13H,3,5-6,8,11H2,1H3,(H,25,27)/t13?,19-/m0/s1. The quantitative estimate of drug-likeness (QED) is 0.545. The van der Waals surface area contributed by atoms with Gasteiger partial charge in [0.25, 0.3) is 10.0 Å². The fraction of sp³-hybridized carbons (Fsp3) is 0.450. The molecular weight excluding hydrogens is 475 g/mol. The zero-order chi connectivity index (χ0) is 24.3. The molecular formula is C20H20F3N7O3S. The van der Waals surface area contributed by atoms with Crippen molar-refractivity contribution in [1.82, 2.24) is 34.5 Å². The summed E-state index contributed by atoms with van der Waals surface area (Å²) < 4.78 is 67.7. The number of fused-ring (bicyclic) bond motifs is 2. The Morgan fingerprint density at radius 3 is 2.79 bits per heavy atom. The second-order valence-corrected chi connectivity index (χ2v) is 10.5. The van der Waals surface area contributed by atoms with Crippen LogP contribution in [0.3, 0.4) is 0 Å². The molecule has 5 rings (SSSR count). The SMILES string of the molecule is Cn1ncc(S(=O)(=O)N2CCC3Cc4[nH]ncc4C[C@]3(C(=O)c3cc(C(F)(F)F)ccn3)C2)n1. The number of aromatic nitrogens is 6. The number of aryl methyl sites for hydroxylation is 1. The highest BCUT2D eigenvalue weighted by Crippen LogP contribution is 2.47. The van der Waals surface area contributed by atoms with Crippen LogP contribution < -0.4 is 0 Å². The van der Waals surface area contributed by atoms with E-state index < -0.39 is 33.0 Å². The van der Waals surface area contributed by atoms with Crippen molar-refractivity contribution in [3.05, 3.63) is 53.2 Å². The van der Waals surface area contributed by atoms with E-state index in [9.17, 15) is 26.4 Å². The highest BCUT2D eigenvalue weighted by atomic mass is 32.2. The van der Waals surface area contributed by atoms with Crippen LogP contribution in [0.25, 0.3) is 0 Å². The molecule has 34 heavy (non-hydrogen) atoms. The fourth-order valence-electron chi connectivity index (χ4n) is 4.96. The number of sulfonamides is 1. The number of rotatable bonds is 4. The average Bonchev–Trinajstić information content (AvgIpc) is 3.44. The molecule has 3 aromatic rings. The Morgan fingerprint density at radius 1 is 1.29 bits per heavy atom. The maximum Gasteiger partial charge on any atom is 0.416 e. The maximum absolute atomic E-state index is 13.9. The molecule has 10 nitrogen and oxygen atoms in total. The Balaban J connectivity index is 1.58. The molecule has 1 saturated heterocycles. The molecule has 14 heteroatoms. The molecule has 1 unspecified atom stereocenters. The number of carbonyl (C=O) groups excluding carboxylic acids is 1. The first kappa shape index (κ1) is 22.7. The van der Waals surface area contributed by atoms with E-state index >= 15 is 0 Å². The van der Waals surface area contributed by atoms with E-state index in [4.69, 9.17) is 0 Å². The van der Waals surface area contributed by atoms with Crippen LogP contribution in [0.5, 0.6) is 0 Å². The van der Waals surface area contributed by atoms with Gasteiger partial charge in [0.15, 0.2) is 5.78 Å². The van der Waals surface area contributed by atoms with E-state index in [1.165, 1.54) is 11.4 Å². The van der Waals surface area contributed by atoms with E-state index in [0.717, 1.165) is 40.6 Å². The van der Waals surface area contributed by atoms with Gasteiger partial charge in [-0.3, -0.25) is 14.9 Å². The number of H-pyrrole nitrogens is 1. The second-order valence-electron chi connectivity index (χ2n) is 8.66. The van der Waals surface area contributed by atoms with Crippen molar-refractivity contribution in [1.29, 1.82) is 0 Å². The molecule has 2 atom stereocenters. The molecule has 1 N–H and O–H groups in total. The summed E-state index contributed by atoms with van der Waals surface area (Å²) in [5.74, 6) is -0.924. The predicted molar refractivity (Wildman–Crippen MR) is 110 cm³/mol. The van der Waals surface area contributed by atoms with E-state index in [1.54, 1.807) is 6.20 Å². The summed E-state index contributed by atoms with van der Waals surface area (Å²) in [5.41, 5.74) is -1.06. The lowest BCUT2D eigenvalue weighted by atomic mass is 9.60. The van der Waals surface area contributed by atoms with Crippen LogP contribution in [0, 0.1) is 11.3 Å². The number of aromatic amines is 1. The lowest BCUT2D eigenvalue weighted by Gasteiger charge is -2.48. The van der Waals surface area contributed by atoms with Gasteiger partial charge in [0.1, 0.15) is 5.69 Å². The van der Waals surface area contributed by atoms with Crippen molar-refractivity contribution in [2.75, 3.05) is 13.1 Å². The number of nitrogens with zero attached hydrogens (tertiary/aromatic N) is 6. The first-order valence-electron chi connectivity index (χ1n) is 10.5. The van der Waals surface area contributed by atoms with Gasteiger partial charge in [0.2, 0.25) is 5.03 Å². The summed E-state index contributed by atoms with van der Waals surface area (Å²) >= 11 is 0. The number of carbonyl (C=O) groups is 1. The largest absolute Gasteiger partial charge is 0.416 e. The minimum atomic E-state index is -4.65. The monoisotopic (exact) mass is 495 g/mol. The van der Waals surface area contributed by atoms with Crippen LogP contribution in [-0.4, -0.2) is 61.8 Å². The predicted octanol–water partition coefficient (Wildman–Crippen LogP) is 1.63. The van der Waals surface area contributed by atoms with Gasteiger partial charge in [-0.2, -0.15) is 32.5 Å². The van der Waals surface area contributed by atoms with Gasteiger partial charge in [-0.1, -0.05) is 0 Å². The van der Waals surface area contributed by atoms with Gasteiger partial charge in [-0.05, 0) is 42.9 Å². The van der Waals surface area contributed by atoms with Crippen LogP contribution in [0.15, 0.2) is 35.7 Å². The lowest BCUT2D eigenvalue weighted by molar-refractivity contribution is -0.137. The minimum Gasteiger partial charge on any atom is -0.292 e. The highest BCUT2D eigenvalue weighted by molar-refractivity contribution is 7.89. The van der Waals surface area contributed by atoms with Crippen LogP contribution >= 0.6 is 0 Å². The number of alkyl halides is 3. The van der Waals surface area contributed by atoms with Crippen LogP contribution in [0.1, 0.15) is 33.7 Å². The van der Waals surface area contributed by atoms with Gasteiger partial charge >= 0.3 is 6.18 Å². The molecule has 0 saturated carbocycles. The van der Waals surface area contributed by atoms with Crippen LogP contribution in [0.4, 0.5) is 13.2 Å². The molecule has 0 aromatic carbocycles. The third kappa shape index (κ3) is 3.60. The summed E-state index contributed by atoms with van der Waals surface area (Å²) in [6, 6.07) is 1.53. The average molecular weight is 495 g/mol. The van der Waals surface area contributed by atoms with Gasteiger partial charge in [0.05, 0.1) is 23.4 Å². The van der Waals surface area contributed by atoms with E-state index in [2.05, 4.69) is 25.4 Å². The zero-order valence-corrected chi connectivity index (χ0v) is 18.8. The molecule has 2 aliphatic rings. The fourth-order valence-corrected chi connectivity index (χ4v) is 6.37. The maximum atomic E-state index is 13.9. The third-order valence-corrected chi connectivity index (χ3v) is 8.39. The Morgan fingerprint density at radius 2 is 2.09 bits per heavy atom. The molecule has 180 valence electrons. The number of piperidine rings is 1. The van der Waals surface area contributed by atoms with Gasteiger partial charge in [-0.15, -0.1) is 5.10 Å². The molecule has 1 aliphatic carbocycles. The van der Waals surface area contributed by atoms with Crippen molar-refractivity contribution < 1.29 is 26.4 Å². The molecule has 0 amide bonds. The number of ketones is 1. The van der Waals surface area contributed by atoms with Crippen molar-refractivity contribution in [3.8, 4) is 0 Å². The summed E-state index contributed by atoms with van der Waals surface area (Å²) in [6.07, 6.45) is -0.109. The normalized spacial score (nSPS) is 23.4. The number of halogens is 3. The zero-order valence-electron chi connectivity index (χ0n) is 17.9. The summed E-state index contributed by atoms with van der Waals surface area (Å²) in [6.45, 7) is -0.0734. The number of pyridine rings is 1. The van der Waals surface area contributed by atoms with Crippen molar-refractivity contribution >= 4 is 15.8 Å². The molecule has 1 aliphatic heterocycles. The van der Waals surface area contributed by atoms with Crippen LogP contribution in [-0.2, 0) is 36.1 Å². The van der Waals surface area contributed by atoms with Gasteiger partial charge in [0, 0.05) is 32.0 Å². The Labute approximate surface area is 192 Å². The molecule has 4 heterocycles. The van der Waals surface area contributed by atoms with E-state index in [1.807, 2.05) is 0 Å². The Hall–Kier alpha value is -3.13. The molecule has 1 fully saturated rings. The topological polar surface area (TPSA) is 127 Å². The molecule has 0 radical (unpaired) electrons. The number of hydrogen-bond acceptors (Lipinski definition) is 7.